The molecule has 114 valence electrons. The second kappa shape index (κ2) is 6.66. The van der Waals surface area contributed by atoms with Gasteiger partial charge in [-0.2, -0.15) is 0 Å². The van der Waals surface area contributed by atoms with Gasteiger partial charge < -0.3 is 9.64 Å². The molecule has 22 heavy (non-hydrogen) atoms. The average molecular weight is 297 g/mol. The third-order valence-electron chi connectivity index (χ3n) is 3.80. The third-order valence-corrected chi connectivity index (χ3v) is 3.80. The molecule has 0 aliphatic carbocycles. The van der Waals surface area contributed by atoms with Crippen molar-refractivity contribution in [2.45, 2.75) is 19.4 Å². The van der Waals surface area contributed by atoms with Crippen LogP contribution in [0, 0.1) is 6.92 Å². The first-order valence-corrected chi connectivity index (χ1v) is 7.49. The first-order chi connectivity index (χ1) is 10.7. The first kappa shape index (κ1) is 14.7. The molecule has 0 N–H and O–H groups in total. The lowest BCUT2D eigenvalue weighted by Gasteiger charge is -2.19. The standard InChI is InChI=1S/C17H19N3O2/c1-13-18-9-7-15(19-13)17(21)20-10-8-16(22-12-11-20)14-5-3-2-4-6-14/h2-7,9,16H,8,10-12H2,1H3/t16-/m0/s1. The van der Waals surface area contributed by atoms with Gasteiger partial charge in [0.05, 0.1) is 12.7 Å². The smallest absolute Gasteiger partial charge is 0.272 e. The van der Waals surface area contributed by atoms with Crippen molar-refractivity contribution >= 4 is 5.91 Å². The van der Waals surface area contributed by atoms with Crippen molar-refractivity contribution in [2.75, 3.05) is 19.7 Å². The van der Waals surface area contributed by atoms with Crippen molar-refractivity contribution in [1.29, 1.82) is 0 Å². The zero-order valence-electron chi connectivity index (χ0n) is 12.6. The number of ether oxygens (including phenoxy) is 1. The van der Waals surface area contributed by atoms with Crippen molar-refractivity contribution in [2.24, 2.45) is 0 Å². The van der Waals surface area contributed by atoms with Crippen molar-refractivity contribution < 1.29 is 9.53 Å². The van der Waals surface area contributed by atoms with E-state index in [4.69, 9.17) is 4.74 Å². The summed E-state index contributed by atoms with van der Waals surface area (Å²) in [5, 5.41) is 0. The van der Waals surface area contributed by atoms with Gasteiger partial charge >= 0.3 is 0 Å². The van der Waals surface area contributed by atoms with Crippen LogP contribution < -0.4 is 0 Å². The van der Waals surface area contributed by atoms with Gasteiger partial charge in [-0.05, 0) is 25.0 Å². The van der Waals surface area contributed by atoms with E-state index in [0.29, 0.717) is 31.2 Å². The van der Waals surface area contributed by atoms with Gasteiger partial charge in [-0.3, -0.25) is 4.79 Å². The molecule has 0 radical (unpaired) electrons. The second-order valence-electron chi connectivity index (χ2n) is 5.34. The van der Waals surface area contributed by atoms with Crippen LogP contribution in [0.5, 0.6) is 0 Å². The normalized spacial score (nSPS) is 18.8. The molecule has 0 bridgehead atoms. The largest absolute Gasteiger partial charge is 0.372 e. The quantitative estimate of drug-likeness (QED) is 0.854. The lowest BCUT2D eigenvalue weighted by molar-refractivity contribution is 0.0583. The van der Waals surface area contributed by atoms with Crippen LogP contribution in [0.3, 0.4) is 0 Å². The van der Waals surface area contributed by atoms with Crippen LogP contribution >= 0.6 is 0 Å². The van der Waals surface area contributed by atoms with E-state index < -0.39 is 0 Å². The highest BCUT2D eigenvalue weighted by Crippen LogP contribution is 2.24. The van der Waals surface area contributed by atoms with Crippen LogP contribution in [-0.4, -0.2) is 40.5 Å². The summed E-state index contributed by atoms with van der Waals surface area (Å²) in [5.41, 5.74) is 1.61. The SMILES string of the molecule is Cc1nccc(C(=O)N2CCO[C@H](c3ccccc3)CC2)n1. The zero-order chi connectivity index (χ0) is 15.4. The number of amides is 1. The second-order valence-corrected chi connectivity index (χ2v) is 5.34. The van der Waals surface area contributed by atoms with Crippen LogP contribution in [0.1, 0.15) is 34.4 Å². The zero-order valence-corrected chi connectivity index (χ0v) is 12.6. The van der Waals surface area contributed by atoms with E-state index >= 15 is 0 Å². The Labute approximate surface area is 130 Å². The van der Waals surface area contributed by atoms with Gasteiger partial charge in [-0.15, -0.1) is 0 Å². The van der Waals surface area contributed by atoms with E-state index in [1.807, 2.05) is 23.1 Å². The number of hydrogen-bond acceptors (Lipinski definition) is 4. The van der Waals surface area contributed by atoms with E-state index in [2.05, 4.69) is 22.1 Å². The molecule has 1 amide bonds. The molecule has 5 heteroatoms. The van der Waals surface area contributed by atoms with E-state index in [9.17, 15) is 4.79 Å². The summed E-state index contributed by atoms with van der Waals surface area (Å²) in [5.74, 6) is 0.557. The minimum atomic E-state index is -0.0530. The molecule has 2 heterocycles. The van der Waals surface area contributed by atoms with Crippen molar-refractivity contribution in [3.63, 3.8) is 0 Å². The summed E-state index contributed by atoms with van der Waals surface area (Å²) in [6, 6.07) is 11.8. The van der Waals surface area contributed by atoms with Crippen LogP contribution in [-0.2, 0) is 4.74 Å². The van der Waals surface area contributed by atoms with Crippen molar-refractivity contribution in [3.8, 4) is 0 Å². The highest BCUT2D eigenvalue weighted by Gasteiger charge is 2.23. The van der Waals surface area contributed by atoms with Crippen LogP contribution in [0.2, 0.25) is 0 Å². The fraction of sp³-hybridized carbons (Fsp3) is 0.353. The average Bonchev–Trinajstić information content (AvgIpc) is 2.81. The third kappa shape index (κ3) is 3.31. The number of benzene rings is 1. The van der Waals surface area contributed by atoms with E-state index in [1.54, 1.807) is 19.2 Å². The summed E-state index contributed by atoms with van der Waals surface area (Å²) >= 11 is 0. The Hall–Kier alpha value is -2.27. The molecule has 3 rings (SSSR count). The Kier molecular flexibility index (Phi) is 4.44. The molecule has 1 atom stereocenters. The van der Waals surface area contributed by atoms with Crippen LogP contribution in [0.15, 0.2) is 42.6 Å². The number of aromatic nitrogens is 2. The Bertz CT molecular complexity index is 645. The fourth-order valence-corrected chi connectivity index (χ4v) is 2.64. The van der Waals surface area contributed by atoms with Gasteiger partial charge in [0.1, 0.15) is 11.5 Å². The molecule has 1 aliphatic rings. The fourth-order valence-electron chi connectivity index (χ4n) is 2.64. The maximum absolute atomic E-state index is 12.5. The minimum Gasteiger partial charge on any atom is -0.372 e. The molecule has 0 spiro atoms. The number of carbonyl (C=O) groups excluding carboxylic acids is 1. The molecule has 1 aliphatic heterocycles. The predicted molar refractivity (Wildman–Crippen MR) is 82.4 cm³/mol. The summed E-state index contributed by atoms with van der Waals surface area (Å²) in [7, 11) is 0. The van der Waals surface area contributed by atoms with E-state index in [0.717, 1.165) is 12.0 Å². The van der Waals surface area contributed by atoms with Crippen LogP contribution in [0.4, 0.5) is 0 Å². The van der Waals surface area contributed by atoms with E-state index in [1.165, 1.54) is 0 Å². The lowest BCUT2D eigenvalue weighted by atomic mass is 10.1. The summed E-state index contributed by atoms with van der Waals surface area (Å²) in [6.45, 7) is 3.58. The highest BCUT2D eigenvalue weighted by molar-refractivity contribution is 5.92. The Morgan fingerprint density at radius 1 is 1.23 bits per heavy atom. The Morgan fingerprint density at radius 3 is 2.82 bits per heavy atom. The molecular formula is C17H19N3O2. The molecule has 2 aromatic rings. The maximum atomic E-state index is 12.5. The van der Waals surface area contributed by atoms with Crippen LogP contribution in [0.25, 0.3) is 0 Å². The van der Waals surface area contributed by atoms with Gasteiger partial charge in [-0.25, -0.2) is 9.97 Å². The number of aryl methyl sites for hydroxylation is 1. The predicted octanol–water partition coefficient (Wildman–Crippen LogP) is 2.39. The number of carbonyl (C=O) groups is 1. The van der Waals surface area contributed by atoms with Gasteiger partial charge in [0, 0.05) is 19.3 Å². The molecule has 1 aromatic carbocycles. The molecular weight excluding hydrogens is 278 g/mol. The maximum Gasteiger partial charge on any atom is 0.272 e. The number of hydrogen-bond donors (Lipinski definition) is 0. The summed E-state index contributed by atoms with van der Waals surface area (Å²) in [4.78, 5) is 22.6. The minimum absolute atomic E-state index is 0.0473. The Balaban J connectivity index is 1.69. The van der Waals surface area contributed by atoms with Gasteiger partial charge in [0.2, 0.25) is 0 Å². The Morgan fingerprint density at radius 2 is 2.05 bits per heavy atom. The first-order valence-electron chi connectivity index (χ1n) is 7.49. The summed E-state index contributed by atoms with van der Waals surface area (Å²) in [6.07, 6.45) is 2.46. The molecule has 1 fully saturated rings. The number of rotatable bonds is 2. The van der Waals surface area contributed by atoms with Gasteiger partial charge in [-0.1, -0.05) is 30.3 Å². The van der Waals surface area contributed by atoms with Gasteiger partial charge in [0.25, 0.3) is 5.91 Å². The van der Waals surface area contributed by atoms with Crippen molar-refractivity contribution in [3.05, 3.63) is 59.7 Å². The molecule has 1 saturated heterocycles. The topological polar surface area (TPSA) is 55.3 Å². The number of nitrogens with zero attached hydrogens (tertiary/aromatic N) is 3. The molecule has 5 nitrogen and oxygen atoms in total. The monoisotopic (exact) mass is 297 g/mol. The lowest BCUT2D eigenvalue weighted by Crippen LogP contribution is -2.33. The van der Waals surface area contributed by atoms with Gasteiger partial charge in [0.15, 0.2) is 0 Å². The summed E-state index contributed by atoms with van der Waals surface area (Å²) < 4.78 is 5.90. The van der Waals surface area contributed by atoms with E-state index in [-0.39, 0.29) is 12.0 Å². The molecule has 0 saturated carbocycles. The highest BCUT2D eigenvalue weighted by atomic mass is 16.5. The molecule has 0 unspecified atom stereocenters. The molecule has 1 aromatic heterocycles. The van der Waals surface area contributed by atoms with Crippen molar-refractivity contribution in [1.82, 2.24) is 14.9 Å².